The number of hydrogen-bond donors (Lipinski definition) is 2. The number of thiol groups is 2. The van der Waals surface area contributed by atoms with Crippen LogP contribution in [0.2, 0.25) is 0 Å². The summed E-state index contributed by atoms with van der Waals surface area (Å²) in [5, 5.41) is 0. The van der Waals surface area contributed by atoms with Gasteiger partial charge in [-0.2, -0.15) is 0 Å². The SMILES string of the molecule is CCCc1ccc(S)c(S)c1. The molecule has 60 valence electrons. The minimum atomic E-state index is 0.952. The highest BCUT2D eigenvalue weighted by molar-refractivity contribution is 7.83. The van der Waals surface area contributed by atoms with Crippen molar-refractivity contribution in [3.8, 4) is 0 Å². The summed E-state index contributed by atoms with van der Waals surface area (Å²) in [6.45, 7) is 2.17. The Morgan fingerprint density at radius 1 is 1.18 bits per heavy atom. The van der Waals surface area contributed by atoms with Gasteiger partial charge in [0.1, 0.15) is 0 Å². The van der Waals surface area contributed by atoms with Crippen LogP contribution in [0.3, 0.4) is 0 Å². The quantitative estimate of drug-likeness (QED) is 0.648. The van der Waals surface area contributed by atoms with E-state index in [9.17, 15) is 0 Å². The lowest BCUT2D eigenvalue weighted by Gasteiger charge is -2.01. The maximum Gasteiger partial charge on any atom is 0.0176 e. The van der Waals surface area contributed by atoms with Gasteiger partial charge in [0, 0.05) is 9.79 Å². The van der Waals surface area contributed by atoms with E-state index in [1.807, 2.05) is 6.07 Å². The summed E-state index contributed by atoms with van der Waals surface area (Å²) in [7, 11) is 0. The van der Waals surface area contributed by atoms with E-state index >= 15 is 0 Å². The normalized spacial score (nSPS) is 10.1. The van der Waals surface area contributed by atoms with Crippen LogP contribution in [0.25, 0.3) is 0 Å². The fraction of sp³-hybridized carbons (Fsp3) is 0.333. The number of benzene rings is 1. The van der Waals surface area contributed by atoms with Gasteiger partial charge in [-0.1, -0.05) is 19.4 Å². The van der Waals surface area contributed by atoms with Gasteiger partial charge >= 0.3 is 0 Å². The Morgan fingerprint density at radius 2 is 1.91 bits per heavy atom. The van der Waals surface area contributed by atoms with Gasteiger partial charge in [0.2, 0.25) is 0 Å². The van der Waals surface area contributed by atoms with E-state index in [1.165, 1.54) is 12.0 Å². The van der Waals surface area contributed by atoms with Crippen molar-refractivity contribution < 1.29 is 0 Å². The van der Waals surface area contributed by atoms with Crippen molar-refractivity contribution in [3.05, 3.63) is 23.8 Å². The van der Waals surface area contributed by atoms with Gasteiger partial charge in [0.25, 0.3) is 0 Å². The molecule has 0 bridgehead atoms. The maximum absolute atomic E-state index is 4.28. The van der Waals surface area contributed by atoms with Gasteiger partial charge in [-0.05, 0) is 24.1 Å². The Bertz CT molecular complexity index is 243. The second-order valence-electron chi connectivity index (χ2n) is 2.57. The van der Waals surface area contributed by atoms with Gasteiger partial charge < -0.3 is 0 Å². The van der Waals surface area contributed by atoms with Gasteiger partial charge in [-0.25, -0.2) is 0 Å². The molecular weight excluding hydrogens is 172 g/mol. The van der Waals surface area contributed by atoms with Crippen molar-refractivity contribution in [3.63, 3.8) is 0 Å². The van der Waals surface area contributed by atoms with Crippen LogP contribution in [0.15, 0.2) is 28.0 Å². The second-order valence-corrected chi connectivity index (χ2v) is 3.54. The second kappa shape index (κ2) is 4.07. The van der Waals surface area contributed by atoms with Crippen molar-refractivity contribution in [2.75, 3.05) is 0 Å². The lowest BCUT2D eigenvalue weighted by molar-refractivity contribution is 0.913. The van der Waals surface area contributed by atoms with Gasteiger partial charge in [-0.15, -0.1) is 25.3 Å². The lowest BCUT2D eigenvalue weighted by Crippen LogP contribution is -1.82. The summed E-state index contributed by atoms with van der Waals surface area (Å²) in [4.78, 5) is 1.92. The third-order valence-corrected chi connectivity index (χ3v) is 2.51. The highest BCUT2D eigenvalue weighted by Crippen LogP contribution is 2.19. The summed E-state index contributed by atoms with van der Waals surface area (Å²) in [6.07, 6.45) is 2.31. The Hall–Kier alpha value is -0.0800. The molecule has 0 aliphatic heterocycles. The molecule has 0 heterocycles. The van der Waals surface area contributed by atoms with Crippen LogP contribution in [0.1, 0.15) is 18.9 Å². The zero-order valence-corrected chi connectivity index (χ0v) is 8.33. The number of hydrogen-bond acceptors (Lipinski definition) is 2. The predicted molar refractivity (Wildman–Crippen MR) is 54.9 cm³/mol. The van der Waals surface area contributed by atoms with Crippen molar-refractivity contribution in [2.24, 2.45) is 0 Å². The fourth-order valence-electron chi connectivity index (χ4n) is 1.01. The molecule has 0 aromatic heterocycles. The van der Waals surface area contributed by atoms with E-state index in [-0.39, 0.29) is 0 Å². The highest BCUT2D eigenvalue weighted by atomic mass is 32.1. The number of rotatable bonds is 2. The molecule has 0 aliphatic rings. The summed E-state index contributed by atoms with van der Waals surface area (Å²) in [6, 6.07) is 6.18. The summed E-state index contributed by atoms with van der Waals surface area (Å²) < 4.78 is 0. The van der Waals surface area contributed by atoms with Crippen molar-refractivity contribution in [2.45, 2.75) is 29.6 Å². The van der Waals surface area contributed by atoms with E-state index in [2.05, 4.69) is 44.3 Å². The molecule has 0 unspecified atom stereocenters. The molecule has 0 radical (unpaired) electrons. The first kappa shape index (κ1) is 9.01. The van der Waals surface area contributed by atoms with Crippen LogP contribution >= 0.6 is 25.3 Å². The average molecular weight is 184 g/mol. The molecule has 0 atom stereocenters. The lowest BCUT2D eigenvalue weighted by atomic mass is 10.1. The fourth-order valence-corrected chi connectivity index (χ4v) is 1.39. The molecule has 1 rings (SSSR count). The van der Waals surface area contributed by atoms with Crippen LogP contribution in [0, 0.1) is 0 Å². The van der Waals surface area contributed by atoms with E-state index < -0.39 is 0 Å². The van der Waals surface area contributed by atoms with Crippen LogP contribution in [-0.2, 0) is 6.42 Å². The topological polar surface area (TPSA) is 0 Å². The first-order valence-corrected chi connectivity index (χ1v) is 4.64. The Morgan fingerprint density at radius 3 is 2.45 bits per heavy atom. The van der Waals surface area contributed by atoms with E-state index in [4.69, 9.17) is 0 Å². The largest absolute Gasteiger partial charge is 0.142 e. The molecule has 0 saturated heterocycles. The molecule has 0 nitrogen and oxygen atoms in total. The average Bonchev–Trinajstić information content (AvgIpc) is 1.98. The summed E-state index contributed by atoms with van der Waals surface area (Å²) in [5.74, 6) is 0. The molecule has 2 heteroatoms. The predicted octanol–water partition coefficient (Wildman–Crippen LogP) is 3.22. The monoisotopic (exact) mass is 184 g/mol. The first-order chi connectivity index (χ1) is 5.24. The molecule has 1 aromatic carbocycles. The van der Waals surface area contributed by atoms with Crippen molar-refractivity contribution >= 4 is 25.3 Å². The molecule has 11 heavy (non-hydrogen) atoms. The molecule has 0 fully saturated rings. The summed E-state index contributed by atoms with van der Waals surface area (Å²) in [5.41, 5.74) is 1.34. The van der Waals surface area contributed by atoms with E-state index in [0.29, 0.717) is 0 Å². The number of aryl methyl sites for hydroxylation is 1. The van der Waals surface area contributed by atoms with Crippen molar-refractivity contribution in [1.29, 1.82) is 0 Å². The van der Waals surface area contributed by atoms with E-state index in [0.717, 1.165) is 16.2 Å². The molecule has 0 aliphatic carbocycles. The molecule has 0 spiro atoms. The Labute approximate surface area is 78.8 Å². The molecule has 0 amide bonds. The Balaban J connectivity index is 2.86. The standard InChI is InChI=1S/C9H12S2/c1-2-3-7-4-5-8(10)9(11)6-7/h4-6,10-11H,2-3H2,1H3. The minimum absolute atomic E-state index is 0.952. The smallest absolute Gasteiger partial charge is 0.0176 e. The summed E-state index contributed by atoms with van der Waals surface area (Å²) >= 11 is 8.52. The molecule has 0 N–H and O–H groups in total. The molecule has 0 saturated carbocycles. The zero-order valence-electron chi connectivity index (χ0n) is 6.54. The Kier molecular flexibility index (Phi) is 3.34. The van der Waals surface area contributed by atoms with Crippen LogP contribution in [0.4, 0.5) is 0 Å². The van der Waals surface area contributed by atoms with Crippen molar-refractivity contribution in [1.82, 2.24) is 0 Å². The molecular formula is C9H12S2. The highest BCUT2D eigenvalue weighted by Gasteiger charge is 1.95. The van der Waals surface area contributed by atoms with Crippen LogP contribution in [-0.4, -0.2) is 0 Å². The van der Waals surface area contributed by atoms with Crippen LogP contribution in [0.5, 0.6) is 0 Å². The molecule has 1 aromatic rings. The first-order valence-electron chi connectivity index (χ1n) is 3.75. The third kappa shape index (κ3) is 2.46. The van der Waals surface area contributed by atoms with Gasteiger partial charge in [-0.3, -0.25) is 0 Å². The zero-order chi connectivity index (χ0) is 8.27. The minimum Gasteiger partial charge on any atom is -0.142 e. The van der Waals surface area contributed by atoms with Crippen LogP contribution < -0.4 is 0 Å². The van der Waals surface area contributed by atoms with Gasteiger partial charge in [0.15, 0.2) is 0 Å². The third-order valence-electron chi connectivity index (χ3n) is 1.58. The van der Waals surface area contributed by atoms with Gasteiger partial charge in [0.05, 0.1) is 0 Å². The maximum atomic E-state index is 4.28. The van der Waals surface area contributed by atoms with E-state index in [1.54, 1.807) is 0 Å².